The zero-order chi connectivity index (χ0) is 21.3. The number of rotatable bonds is 5. The van der Waals surface area contributed by atoms with Gasteiger partial charge in [0.1, 0.15) is 11.1 Å². The Bertz CT molecular complexity index is 1070. The van der Waals surface area contributed by atoms with Gasteiger partial charge in [0.15, 0.2) is 5.82 Å². The number of hydrogen-bond donors (Lipinski definition) is 2. The zero-order valence-corrected chi connectivity index (χ0v) is 18.1. The van der Waals surface area contributed by atoms with E-state index in [2.05, 4.69) is 27.9 Å². The third-order valence-corrected chi connectivity index (χ3v) is 6.53. The molecule has 156 valence electrons. The molecule has 9 heteroatoms. The highest BCUT2D eigenvalue weighted by atomic mass is 35.5. The van der Waals surface area contributed by atoms with Crippen LogP contribution in [0.15, 0.2) is 47.6 Å². The summed E-state index contributed by atoms with van der Waals surface area (Å²) in [5, 5.41) is 12.1. The van der Waals surface area contributed by atoms with Gasteiger partial charge in [-0.15, -0.1) is 10.2 Å². The van der Waals surface area contributed by atoms with Gasteiger partial charge in [0.05, 0.1) is 6.04 Å². The molecule has 30 heavy (non-hydrogen) atoms. The van der Waals surface area contributed by atoms with Gasteiger partial charge < -0.3 is 10.7 Å². The van der Waals surface area contributed by atoms with Gasteiger partial charge in [-0.25, -0.2) is 9.07 Å². The van der Waals surface area contributed by atoms with E-state index in [0.717, 1.165) is 29.8 Å². The fourth-order valence-electron chi connectivity index (χ4n) is 3.29. The highest BCUT2D eigenvalue weighted by molar-refractivity contribution is 8.00. The van der Waals surface area contributed by atoms with Crippen LogP contribution in [0.2, 0.25) is 5.02 Å². The number of nitrogens with one attached hydrogen (secondary N) is 2. The molecule has 0 radical (unpaired) electrons. The van der Waals surface area contributed by atoms with Gasteiger partial charge in [-0.1, -0.05) is 48.5 Å². The first-order chi connectivity index (χ1) is 14.5. The number of nitrogens with zero attached hydrogens (tertiary/aromatic N) is 3. The summed E-state index contributed by atoms with van der Waals surface area (Å²) in [7, 11) is 0. The quantitative estimate of drug-likeness (QED) is 0.594. The van der Waals surface area contributed by atoms with Crippen LogP contribution in [-0.2, 0) is 11.2 Å². The summed E-state index contributed by atoms with van der Waals surface area (Å²) in [4.78, 5) is 13.2. The molecule has 1 aliphatic heterocycles. The Hall–Kier alpha value is -2.58. The summed E-state index contributed by atoms with van der Waals surface area (Å²) in [5.74, 6) is 0.276. The van der Waals surface area contributed by atoms with Crippen LogP contribution in [0.5, 0.6) is 0 Å². The number of benzene rings is 2. The summed E-state index contributed by atoms with van der Waals surface area (Å²) >= 11 is 7.53. The van der Waals surface area contributed by atoms with Crippen LogP contribution in [0.1, 0.15) is 36.3 Å². The topological polar surface area (TPSA) is 71.8 Å². The van der Waals surface area contributed by atoms with Crippen molar-refractivity contribution in [2.24, 2.45) is 0 Å². The summed E-state index contributed by atoms with van der Waals surface area (Å²) in [5.41, 5.74) is 5.72. The molecule has 1 aliphatic rings. The maximum atomic E-state index is 13.5. The molecule has 0 spiro atoms. The minimum absolute atomic E-state index is 0.201. The van der Waals surface area contributed by atoms with Crippen molar-refractivity contribution in [1.29, 1.82) is 0 Å². The number of hydrogen-bond acceptors (Lipinski definition) is 5. The lowest BCUT2D eigenvalue weighted by molar-refractivity contribution is -0.116. The Labute approximate surface area is 183 Å². The van der Waals surface area contributed by atoms with Crippen molar-refractivity contribution >= 4 is 35.0 Å². The number of fused-ring (bicyclic) bond motifs is 1. The molecule has 0 aliphatic carbocycles. The molecule has 0 saturated carbocycles. The lowest BCUT2D eigenvalue weighted by atomic mass is 10.0. The Kier molecular flexibility index (Phi) is 5.97. The summed E-state index contributed by atoms with van der Waals surface area (Å²) < 4.78 is 15.3. The van der Waals surface area contributed by atoms with Crippen molar-refractivity contribution in [3.63, 3.8) is 0 Å². The maximum Gasteiger partial charge on any atom is 0.240 e. The van der Waals surface area contributed by atoms with Crippen molar-refractivity contribution in [2.45, 2.75) is 43.1 Å². The van der Waals surface area contributed by atoms with Crippen LogP contribution >= 0.6 is 23.4 Å². The van der Waals surface area contributed by atoms with Crippen molar-refractivity contribution in [1.82, 2.24) is 14.9 Å². The molecule has 0 fully saturated rings. The monoisotopic (exact) mass is 445 g/mol. The van der Waals surface area contributed by atoms with Gasteiger partial charge in [-0.3, -0.25) is 4.79 Å². The van der Waals surface area contributed by atoms with Gasteiger partial charge in [0.2, 0.25) is 11.1 Å². The first-order valence-corrected chi connectivity index (χ1v) is 10.9. The first-order valence-electron chi connectivity index (χ1n) is 9.66. The molecular weight excluding hydrogens is 425 g/mol. The van der Waals surface area contributed by atoms with Crippen molar-refractivity contribution in [2.75, 3.05) is 10.7 Å². The molecule has 4 rings (SSSR count). The number of carbonyl (C=O) groups excluding carboxylic acids is 1. The first kappa shape index (κ1) is 20.7. The third-order valence-electron chi connectivity index (χ3n) is 4.90. The molecule has 0 unspecified atom stereocenters. The van der Waals surface area contributed by atoms with E-state index in [1.807, 2.05) is 23.7 Å². The molecule has 2 N–H and O–H groups in total. The van der Waals surface area contributed by atoms with E-state index in [-0.39, 0.29) is 11.7 Å². The normalized spacial score (nSPS) is 17.9. The standard InChI is InChI=1S/C21H21ClFN5OS/c1-3-4-17-25-26-21-28(17)27-18(13-6-8-14(23)9-7-13)19(30-21)20(29)24-15-10-5-12(2)16(22)11-15/h5-11,18-19,27H,3-4H2,1-2H3,(H,24,29)/t18-,19-/m0/s1. The van der Waals surface area contributed by atoms with Crippen LogP contribution in [0.4, 0.5) is 10.1 Å². The summed E-state index contributed by atoms with van der Waals surface area (Å²) in [6.45, 7) is 3.97. The van der Waals surface area contributed by atoms with Gasteiger partial charge in [0, 0.05) is 17.1 Å². The molecule has 0 bridgehead atoms. The van der Waals surface area contributed by atoms with Crippen molar-refractivity contribution in [3.8, 4) is 0 Å². The van der Waals surface area contributed by atoms with Crippen LogP contribution in [-0.4, -0.2) is 26.0 Å². The molecule has 1 amide bonds. The number of aryl methyl sites for hydroxylation is 2. The number of anilines is 1. The van der Waals surface area contributed by atoms with E-state index in [4.69, 9.17) is 11.6 Å². The number of amides is 1. The van der Waals surface area contributed by atoms with Crippen molar-refractivity contribution in [3.05, 3.63) is 70.3 Å². The third kappa shape index (κ3) is 4.15. The lowest BCUT2D eigenvalue weighted by Crippen LogP contribution is -2.41. The second-order valence-electron chi connectivity index (χ2n) is 7.13. The van der Waals surface area contributed by atoms with E-state index in [1.165, 1.54) is 23.9 Å². The van der Waals surface area contributed by atoms with E-state index >= 15 is 0 Å². The molecule has 3 aromatic rings. The zero-order valence-electron chi connectivity index (χ0n) is 16.5. The fraction of sp³-hybridized carbons (Fsp3) is 0.286. The smallest absolute Gasteiger partial charge is 0.240 e. The minimum Gasteiger partial charge on any atom is -0.325 e. The Morgan fingerprint density at radius 1 is 1.27 bits per heavy atom. The molecule has 6 nitrogen and oxygen atoms in total. The molecular formula is C21H21ClFN5OS. The fourth-order valence-corrected chi connectivity index (χ4v) is 4.57. The molecule has 2 heterocycles. The predicted octanol–water partition coefficient (Wildman–Crippen LogP) is 4.73. The molecule has 2 aromatic carbocycles. The highest BCUT2D eigenvalue weighted by Gasteiger charge is 2.37. The second kappa shape index (κ2) is 8.65. The Morgan fingerprint density at radius 2 is 2.03 bits per heavy atom. The van der Waals surface area contributed by atoms with E-state index < -0.39 is 11.3 Å². The summed E-state index contributed by atoms with van der Waals surface area (Å²) in [6, 6.07) is 11.2. The average Bonchev–Trinajstić information content (AvgIpc) is 3.12. The number of halogens is 2. The SMILES string of the molecule is CCCc1nnc2n1N[C@@H](c1ccc(F)cc1)[C@@H](C(=O)Nc1ccc(C)c(Cl)c1)S2. The largest absolute Gasteiger partial charge is 0.325 e. The number of carbonyl (C=O) groups is 1. The van der Waals surface area contributed by atoms with Gasteiger partial charge in [0.25, 0.3) is 0 Å². The maximum absolute atomic E-state index is 13.5. The predicted molar refractivity (Wildman–Crippen MR) is 117 cm³/mol. The molecule has 1 aromatic heterocycles. The van der Waals surface area contributed by atoms with Crippen LogP contribution in [0.3, 0.4) is 0 Å². The molecule has 2 atom stereocenters. The van der Waals surface area contributed by atoms with Crippen molar-refractivity contribution < 1.29 is 9.18 Å². The molecule has 0 saturated heterocycles. The van der Waals surface area contributed by atoms with Gasteiger partial charge >= 0.3 is 0 Å². The Balaban J connectivity index is 1.66. The van der Waals surface area contributed by atoms with Gasteiger partial charge in [-0.05, 0) is 48.7 Å². The van der Waals surface area contributed by atoms with E-state index in [1.54, 1.807) is 18.2 Å². The van der Waals surface area contributed by atoms with Crippen LogP contribution in [0.25, 0.3) is 0 Å². The van der Waals surface area contributed by atoms with Crippen LogP contribution in [0, 0.1) is 12.7 Å². The average molecular weight is 446 g/mol. The Morgan fingerprint density at radius 3 is 2.73 bits per heavy atom. The number of aromatic nitrogens is 3. The number of thioether (sulfide) groups is 1. The highest BCUT2D eigenvalue weighted by Crippen LogP contribution is 2.38. The van der Waals surface area contributed by atoms with E-state index in [0.29, 0.717) is 15.9 Å². The van der Waals surface area contributed by atoms with Crippen LogP contribution < -0.4 is 10.7 Å². The second-order valence-corrected chi connectivity index (χ2v) is 8.65. The summed E-state index contributed by atoms with van der Waals surface area (Å²) in [6.07, 6.45) is 1.68. The lowest BCUT2D eigenvalue weighted by Gasteiger charge is -2.33. The van der Waals surface area contributed by atoms with E-state index in [9.17, 15) is 9.18 Å². The van der Waals surface area contributed by atoms with Gasteiger partial charge in [-0.2, -0.15) is 0 Å². The minimum atomic E-state index is -0.540.